The Balaban J connectivity index is 2.64. The third kappa shape index (κ3) is 0.703. The fourth-order valence-electron chi connectivity index (χ4n) is 0.604. The number of nitrogens with one attached hydrogen (secondary N) is 1. The van der Waals surface area contributed by atoms with Crippen molar-refractivity contribution in [2.75, 3.05) is 0 Å². The zero-order valence-electron chi connectivity index (χ0n) is 5.60. The molecular formula is C6H12N2. The average Bonchev–Trinajstić information content (AvgIpc) is 1.86. The van der Waals surface area contributed by atoms with E-state index in [2.05, 4.69) is 31.3 Å². The summed E-state index contributed by atoms with van der Waals surface area (Å²) in [5.41, 5.74) is 3.20. The van der Waals surface area contributed by atoms with Crippen molar-refractivity contribution < 1.29 is 0 Å². The van der Waals surface area contributed by atoms with E-state index in [9.17, 15) is 0 Å². The van der Waals surface area contributed by atoms with Crippen LogP contribution in [0.15, 0.2) is 5.10 Å². The zero-order valence-corrected chi connectivity index (χ0v) is 5.60. The molecule has 0 amide bonds. The molecular weight excluding hydrogens is 100 g/mol. The monoisotopic (exact) mass is 112 g/mol. The Kier molecular flexibility index (Phi) is 1.03. The molecule has 46 valence electrons. The highest BCUT2D eigenvalue weighted by Gasteiger charge is 2.27. The fraction of sp³-hybridized carbons (Fsp3) is 0.833. The van der Waals surface area contributed by atoms with Crippen LogP contribution in [0.2, 0.25) is 0 Å². The molecule has 1 aliphatic heterocycles. The van der Waals surface area contributed by atoms with E-state index in [1.165, 1.54) is 0 Å². The van der Waals surface area contributed by atoms with Gasteiger partial charge in [-0.1, -0.05) is 6.92 Å². The highest BCUT2D eigenvalue weighted by atomic mass is 15.3. The van der Waals surface area contributed by atoms with Crippen LogP contribution in [-0.4, -0.2) is 11.8 Å². The molecule has 0 radical (unpaired) electrons. The number of nitrogens with zero attached hydrogens (tertiary/aromatic N) is 1. The van der Waals surface area contributed by atoms with E-state index in [1.807, 2.05) is 6.21 Å². The van der Waals surface area contributed by atoms with Crippen LogP contribution in [0.25, 0.3) is 0 Å². The van der Waals surface area contributed by atoms with Gasteiger partial charge >= 0.3 is 0 Å². The van der Waals surface area contributed by atoms with Gasteiger partial charge in [0, 0.05) is 12.1 Å². The molecule has 0 saturated heterocycles. The molecule has 0 fully saturated rings. The molecule has 0 aliphatic carbocycles. The molecule has 1 rings (SSSR count). The summed E-state index contributed by atoms with van der Waals surface area (Å²) in [6.07, 6.45) is 1.94. The molecule has 2 heteroatoms. The van der Waals surface area contributed by atoms with Gasteiger partial charge in [-0.3, -0.25) is 0 Å². The van der Waals surface area contributed by atoms with Gasteiger partial charge in [0.1, 0.15) is 0 Å². The zero-order chi connectivity index (χ0) is 6.20. The summed E-state index contributed by atoms with van der Waals surface area (Å²) in [6, 6.07) is 0. The minimum atomic E-state index is 0.181. The Hall–Kier alpha value is -0.530. The van der Waals surface area contributed by atoms with Crippen molar-refractivity contribution >= 4 is 6.21 Å². The van der Waals surface area contributed by atoms with Crippen LogP contribution in [0.3, 0.4) is 0 Å². The molecule has 0 aromatic carbocycles. The van der Waals surface area contributed by atoms with Crippen LogP contribution >= 0.6 is 0 Å². The maximum absolute atomic E-state index is 3.94. The molecule has 1 heterocycles. The van der Waals surface area contributed by atoms with Crippen LogP contribution in [0, 0.1) is 5.92 Å². The van der Waals surface area contributed by atoms with E-state index in [-0.39, 0.29) is 5.54 Å². The van der Waals surface area contributed by atoms with E-state index in [0.717, 1.165) is 0 Å². The first-order chi connectivity index (χ1) is 3.63. The van der Waals surface area contributed by atoms with E-state index >= 15 is 0 Å². The summed E-state index contributed by atoms with van der Waals surface area (Å²) in [5.74, 6) is 0.558. The maximum atomic E-state index is 3.94. The standard InChI is InChI=1S/C6H12N2/c1-5-4-7-8-6(5,2)3/h4-5,8H,1-3H3. The predicted octanol–water partition coefficient (Wildman–Crippen LogP) is 0.990. The SMILES string of the molecule is CC1C=NNC1(C)C. The van der Waals surface area contributed by atoms with Crippen molar-refractivity contribution in [2.24, 2.45) is 11.0 Å². The summed E-state index contributed by atoms with van der Waals surface area (Å²) < 4.78 is 0. The molecule has 1 aliphatic rings. The third-order valence-corrected chi connectivity index (χ3v) is 1.79. The van der Waals surface area contributed by atoms with Crippen LogP contribution in [0.5, 0.6) is 0 Å². The lowest BCUT2D eigenvalue weighted by Crippen LogP contribution is -2.36. The van der Waals surface area contributed by atoms with Gasteiger partial charge in [0.2, 0.25) is 0 Å². The van der Waals surface area contributed by atoms with E-state index < -0.39 is 0 Å². The first-order valence-corrected chi connectivity index (χ1v) is 2.93. The highest BCUT2D eigenvalue weighted by Crippen LogP contribution is 2.17. The fourth-order valence-corrected chi connectivity index (χ4v) is 0.604. The lowest BCUT2D eigenvalue weighted by molar-refractivity contribution is 0.371. The second-order valence-corrected chi connectivity index (χ2v) is 2.90. The Labute approximate surface area is 50.0 Å². The van der Waals surface area contributed by atoms with Gasteiger partial charge in [-0.25, -0.2) is 0 Å². The Morgan fingerprint density at radius 1 is 1.62 bits per heavy atom. The largest absolute Gasteiger partial charge is 0.304 e. The molecule has 2 nitrogen and oxygen atoms in total. The summed E-state index contributed by atoms with van der Waals surface area (Å²) in [4.78, 5) is 0. The van der Waals surface area contributed by atoms with Crippen LogP contribution in [0.1, 0.15) is 20.8 Å². The van der Waals surface area contributed by atoms with Gasteiger partial charge in [0.25, 0.3) is 0 Å². The van der Waals surface area contributed by atoms with Crippen LogP contribution < -0.4 is 5.43 Å². The number of rotatable bonds is 0. The van der Waals surface area contributed by atoms with E-state index in [4.69, 9.17) is 0 Å². The summed E-state index contributed by atoms with van der Waals surface area (Å²) >= 11 is 0. The van der Waals surface area contributed by atoms with E-state index in [1.54, 1.807) is 0 Å². The molecule has 1 unspecified atom stereocenters. The first-order valence-electron chi connectivity index (χ1n) is 2.93. The second kappa shape index (κ2) is 1.47. The van der Waals surface area contributed by atoms with Crippen LogP contribution in [-0.2, 0) is 0 Å². The Morgan fingerprint density at radius 3 is 2.38 bits per heavy atom. The van der Waals surface area contributed by atoms with E-state index in [0.29, 0.717) is 5.92 Å². The molecule has 0 aromatic rings. The van der Waals surface area contributed by atoms with Gasteiger partial charge in [-0.05, 0) is 13.8 Å². The van der Waals surface area contributed by atoms with Crippen molar-refractivity contribution in [3.63, 3.8) is 0 Å². The molecule has 1 atom stereocenters. The lowest BCUT2D eigenvalue weighted by Gasteiger charge is -2.21. The quantitative estimate of drug-likeness (QED) is 0.496. The summed E-state index contributed by atoms with van der Waals surface area (Å²) in [7, 11) is 0. The molecule has 0 bridgehead atoms. The smallest absolute Gasteiger partial charge is 0.0568 e. The Bertz CT molecular complexity index is 116. The lowest BCUT2D eigenvalue weighted by atomic mass is 9.92. The maximum Gasteiger partial charge on any atom is 0.0568 e. The summed E-state index contributed by atoms with van der Waals surface area (Å²) in [5, 5.41) is 3.94. The van der Waals surface area contributed by atoms with Gasteiger partial charge in [0.05, 0.1) is 5.54 Å². The molecule has 0 saturated carbocycles. The number of hydrogen-bond acceptors (Lipinski definition) is 2. The van der Waals surface area contributed by atoms with Gasteiger partial charge in [-0.2, -0.15) is 5.10 Å². The molecule has 0 aromatic heterocycles. The van der Waals surface area contributed by atoms with Crippen molar-refractivity contribution in [3.05, 3.63) is 0 Å². The number of hydrogen-bond donors (Lipinski definition) is 1. The Morgan fingerprint density at radius 2 is 2.25 bits per heavy atom. The van der Waals surface area contributed by atoms with Crippen molar-refractivity contribution in [1.29, 1.82) is 0 Å². The number of hydrazone groups is 1. The molecule has 0 spiro atoms. The average molecular weight is 112 g/mol. The van der Waals surface area contributed by atoms with Crippen molar-refractivity contribution in [2.45, 2.75) is 26.3 Å². The summed E-state index contributed by atoms with van der Waals surface area (Å²) in [6.45, 7) is 6.44. The second-order valence-electron chi connectivity index (χ2n) is 2.90. The van der Waals surface area contributed by atoms with Crippen LogP contribution in [0.4, 0.5) is 0 Å². The minimum Gasteiger partial charge on any atom is -0.304 e. The van der Waals surface area contributed by atoms with Gasteiger partial charge in [-0.15, -0.1) is 0 Å². The predicted molar refractivity (Wildman–Crippen MR) is 34.9 cm³/mol. The van der Waals surface area contributed by atoms with Gasteiger partial charge in [0.15, 0.2) is 0 Å². The van der Waals surface area contributed by atoms with Crippen molar-refractivity contribution in [3.8, 4) is 0 Å². The molecule has 1 N–H and O–H groups in total. The van der Waals surface area contributed by atoms with Gasteiger partial charge < -0.3 is 5.43 Å². The minimum absolute atomic E-state index is 0.181. The topological polar surface area (TPSA) is 24.4 Å². The molecule has 8 heavy (non-hydrogen) atoms. The van der Waals surface area contributed by atoms with Crippen molar-refractivity contribution in [1.82, 2.24) is 5.43 Å². The first kappa shape index (κ1) is 5.60. The third-order valence-electron chi connectivity index (χ3n) is 1.79. The highest BCUT2D eigenvalue weighted by molar-refractivity contribution is 5.64. The normalized spacial score (nSPS) is 32.6.